The van der Waals surface area contributed by atoms with Gasteiger partial charge in [-0.1, -0.05) is 12.1 Å². The Kier molecular flexibility index (Phi) is 4.74. The number of aromatic nitrogens is 4. The van der Waals surface area contributed by atoms with E-state index in [1.54, 1.807) is 29.6 Å². The van der Waals surface area contributed by atoms with Crippen molar-refractivity contribution < 1.29 is 8.42 Å². The fraction of sp³-hybridized carbons (Fsp3) is 0.562. The maximum absolute atomic E-state index is 13.1. The highest BCUT2D eigenvalue weighted by atomic mass is 32.2. The van der Waals surface area contributed by atoms with Gasteiger partial charge in [-0.15, -0.1) is 5.10 Å². The van der Waals surface area contributed by atoms with Crippen molar-refractivity contribution in [3.05, 3.63) is 24.3 Å². The Morgan fingerprint density at radius 1 is 1.19 bits per heavy atom. The maximum atomic E-state index is 13.1. The van der Waals surface area contributed by atoms with Crippen molar-refractivity contribution in [1.29, 1.82) is 0 Å². The molecule has 0 saturated carbocycles. The molecule has 2 aliphatic rings. The molecule has 1 aromatic carbocycles. The molecule has 2 fully saturated rings. The monoisotopic (exact) mass is 377 g/mol. The number of rotatable bonds is 4. The number of hydrogen-bond acceptors (Lipinski definition) is 7. The number of hydrogen-bond donors (Lipinski definition) is 1. The van der Waals surface area contributed by atoms with E-state index in [1.807, 2.05) is 6.07 Å². The van der Waals surface area contributed by atoms with E-state index in [-0.39, 0.29) is 0 Å². The van der Waals surface area contributed by atoms with E-state index < -0.39 is 10.0 Å². The van der Waals surface area contributed by atoms with E-state index in [9.17, 15) is 8.42 Å². The molecule has 0 aliphatic carbocycles. The van der Waals surface area contributed by atoms with Crippen LogP contribution in [0.5, 0.6) is 0 Å². The average molecular weight is 377 g/mol. The van der Waals surface area contributed by atoms with E-state index in [0.717, 1.165) is 32.6 Å². The number of benzene rings is 1. The Morgan fingerprint density at radius 2 is 2.00 bits per heavy atom. The van der Waals surface area contributed by atoms with Gasteiger partial charge in [-0.3, -0.25) is 4.90 Å². The van der Waals surface area contributed by atoms with E-state index >= 15 is 0 Å². The summed E-state index contributed by atoms with van der Waals surface area (Å²) in [5.74, 6) is 0.544. The highest BCUT2D eigenvalue weighted by Gasteiger charge is 2.35. The van der Waals surface area contributed by atoms with Crippen LogP contribution in [0.1, 0.15) is 6.42 Å². The second-order valence-electron chi connectivity index (χ2n) is 6.75. The first-order chi connectivity index (χ1) is 12.6. The number of piperazine rings is 1. The Balaban J connectivity index is 1.55. The normalized spacial score (nSPS) is 22.7. The Bertz CT molecular complexity index is 876. The second-order valence-corrected chi connectivity index (χ2v) is 8.68. The van der Waals surface area contributed by atoms with Crippen molar-refractivity contribution in [2.24, 2.45) is 7.05 Å². The summed E-state index contributed by atoms with van der Waals surface area (Å²) < 4.78 is 29.3. The van der Waals surface area contributed by atoms with Gasteiger partial charge in [0.05, 0.1) is 4.90 Å². The highest BCUT2D eigenvalue weighted by molar-refractivity contribution is 7.89. The smallest absolute Gasteiger partial charge is 0.243 e. The molecule has 0 bridgehead atoms. The van der Waals surface area contributed by atoms with Gasteiger partial charge in [0.15, 0.2) is 5.82 Å². The lowest BCUT2D eigenvalue weighted by molar-refractivity contribution is 0.179. The quantitative estimate of drug-likeness (QED) is 0.771. The number of tetrazole rings is 1. The summed E-state index contributed by atoms with van der Waals surface area (Å²) in [6, 6.07) is 7.15. The van der Waals surface area contributed by atoms with Crippen LogP contribution < -0.4 is 5.32 Å². The van der Waals surface area contributed by atoms with Crippen LogP contribution in [-0.4, -0.2) is 83.1 Å². The summed E-state index contributed by atoms with van der Waals surface area (Å²) in [6.07, 6.45) is 0.881. The van der Waals surface area contributed by atoms with Crippen LogP contribution in [0.3, 0.4) is 0 Å². The molecular formula is C16H23N7O2S. The van der Waals surface area contributed by atoms with E-state index in [2.05, 4.69) is 25.7 Å². The minimum atomic E-state index is -3.52. The third-order valence-electron chi connectivity index (χ3n) is 5.14. The molecule has 1 atom stereocenters. The number of nitrogens with one attached hydrogen (secondary N) is 1. The average Bonchev–Trinajstić information content (AvgIpc) is 3.32. The van der Waals surface area contributed by atoms with Gasteiger partial charge >= 0.3 is 0 Å². The zero-order chi connectivity index (χ0) is 18.1. The van der Waals surface area contributed by atoms with E-state index in [1.165, 1.54) is 4.68 Å². The summed E-state index contributed by atoms with van der Waals surface area (Å²) >= 11 is 0. The summed E-state index contributed by atoms with van der Waals surface area (Å²) in [4.78, 5) is 2.69. The third kappa shape index (κ3) is 3.25. The third-order valence-corrected chi connectivity index (χ3v) is 7.01. The molecule has 1 unspecified atom stereocenters. The molecule has 0 amide bonds. The molecule has 2 saturated heterocycles. The van der Waals surface area contributed by atoms with Crippen molar-refractivity contribution >= 4 is 10.0 Å². The van der Waals surface area contributed by atoms with E-state index in [4.69, 9.17) is 0 Å². The van der Waals surface area contributed by atoms with Gasteiger partial charge in [-0.05, 0) is 29.0 Å². The first kappa shape index (κ1) is 17.5. The lowest BCUT2D eigenvalue weighted by Crippen LogP contribution is -2.49. The molecule has 4 rings (SSSR count). The van der Waals surface area contributed by atoms with Gasteiger partial charge in [-0.2, -0.15) is 4.31 Å². The van der Waals surface area contributed by atoms with Crippen LogP contribution in [0.15, 0.2) is 29.2 Å². The van der Waals surface area contributed by atoms with Crippen LogP contribution in [0, 0.1) is 0 Å². The Hall–Kier alpha value is -1.88. The molecule has 140 valence electrons. The van der Waals surface area contributed by atoms with Crippen molar-refractivity contribution in [2.45, 2.75) is 17.4 Å². The van der Waals surface area contributed by atoms with Crippen molar-refractivity contribution in [3.63, 3.8) is 0 Å². The summed E-state index contributed by atoms with van der Waals surface area (Å²) in [6.45, 7) is 5.01. The number of nitrogens with zero attached hydrogens (tertiary/aromatic N) is 6. The van der Waals surface area contributed by atoms with Gasteiger partial charge in [0.2, 0.25) is 10.0 Å². The zero-order valence-electron chi connectivity index (χ0n) is 14.7. The van der Waals surface area contributed by atoms with Gasteiger partial charge in [0.1, 0.15) is 0 Å². The second kappa shape index (κ2) is 7.03. The minimum absolute atomic E-state index is 0.291. The van der Waals surface area contributed by atoms with Gasteiger partial charge < -0.3 is 5.32 Å². The standard InChI is InChI=1S/C16H23N7O2S/c1-21-16(18-19-20-21)13-3-2-4-15(11-13)26(24,25)23-8-5-14(12-23)22-9-6-17-7-10-22/h2-4,11,14,17H,5-10,12H2,1H3. The number of aryl methyl sites for hydroxylation is 1. The van der Waals surface area contributed by atoms with Gasteiger partial charge in [0.25, 0.3) is 0 Å². The molecule has 0 radical (unpaired) electrons. The maximum Gasteiger partial charge on any atom is 0.243 e. The van der Waals surface area contributed by atoms with Crippen molar-refractivity contribution in [1.82, 2.24) is 34.7 Å². The summed E-state index contributed by atoms with van der Waals surface area (Å²) in [7, 11) is -1.79. The lowest BCUT2D eigenvalue weighted by Gasteiger charge is -2.32. The first-order valence-corrected chi connectivity index (χ1v) is 10.3. The van der Waals surface area contributed by atoms with Crippen molar-refractivity contribution in [2.75, 3.05) is 39.3 Å². The van der Waals surface area contributed by atoms with Gasteiger partial charge in [0, 0.05) is 57.9 Å². The molecule has 26 heavy (non-hydrogen) atoms. The van der Waals surface area contributed by atoms with Crippen LogP contribution in [0.2, 0.25) is 0 Å². The van der Waals surface area contributed by atoms with E-state index in [0.29, 0.717) is 35.4 Å². The molecule has 1 aromatic heterocycles. The van der Waals surface area contributed by atoms with Crippen LogP contribution in [0.25, 0.3) is 11.4 Å². The highest BCUT2D eigenvalue weighted by Crippen LogP contribution is 2.26. The Labute approximate surface area is 153 Å². The van der Waals surface area contributed by atoms with Crippen LogP contribution in [0.4, 0.5) is 0 Å². The fourth-order valence-corrected chi connectivity index (χ4v) is 5.23. The Morgan fingerprint density at radius 3 is 2.73 bits per heavy atom. The largest absolute Gasteiger partial charge is 0.314 e. The zero-order valence-corrected chi connectivity index (χ0v) is 15.6. The molecule has 1 N–H and O–H groups in total. The molecule has 0 spiro atoms. The van der Waals surface area contributed by atoms with Gasteiger partial charge in [-0.25, -0.2) is 13.1 Å². The molecule has 10 heteroatoms. The molecule has 9 nitrogen and oxygen atoms in total. The summed E-state index contributed by atoms with van der Waals surface area (Å²) in [5.41, 5.74) is 0.691. The van der Waals surface area contributed by atoms with Crippen molar-refractivity contribution in [3.8, 4) is 11.4 Å². The molecule has 2 aromatic rings. The van der Waals surface area contributed by atoms with Crippen LogP contribution >= 0.6 is 0 Å². The molecule has 3 heterocycles. The fourth-order valence-electron chi connectivity index (χ4n) is 3.69. The minimum Gasteiger partial charge on any atom is -0.314 e. The summed E-state index contributed by atoms with van der Waals surface area (Å²) in [5, 5.41) is 14.7. The first-order valence-electron chi connectivity index (χ1n) is 8.83. The number of sulfonamides is 1. The predicted octanol–water partition coefficient (Wildman–Crippen LogP) is -0.455. The molecular weight excluding hydrogens is 354 g/mol. The SMILES string of the molecule is Cn1nnnc1-c1cccc(S(=O)(=O)N2CCC(N3CCNCC3)C2)c1. The predicted molar refractivity (Wildman–Crippen MR) is 95.8 cm³/mol. The topological polar surface area (TPSA) is 96.2 Å². The van der Waals surface area contributed by atoms with Crippen LogP contribution in [-0.2, 0) is 17.1 Å². The lowest BCUT2D eigenvalue weighted by atomic mass is 10.2. The molecule has 2 aliphatic heterocycles.